The van der Waals surface area contributed by atoms with Crippen molar-refractivity contribution >= 4 is 21.3 Å². The predicted octanol–water partition coefficient (Wildman–Crippen LogP) is 6.80. The number of rotatable bonds is 7. The van der Waals surface area contributed by atoms with Crippen LogP contribution in [0.5, 0.6) is 5.75 Å². The monoisotopic (exact) mass is 569 g/mol. The fourth-order valence-corrected chi connectivity index (χ4v) is 6.72. The normalized spacial score (nSPS) is 18.3. The summed E-state index contributed by atoms with van der Waals surface area (Å²) in [6.45, 7) is 2.14. The van der Waals surface area contributed by atoms with Crippen molar-refractivity contribution in [1.82, 2.24) is 4.72 Å². The molecular formula is C30H30F3N3O3S. The molecule has 1 aliphatic heterocycles. The first-order chi connectivity index (χ1) is 19.2. The summed E-state index contributed by atoms with van der Waals surface area (Å²) in [5.74, 6) is -0.422. The van der Waals surface area contributed by atoms with Gasteiger partial charge in [-0.2, -0.15) is 0 Å². The van der Waals surface area contributed by atoms with Crippen LogP contribution in [-0.2, 0) is 22.8 Å². The van der Waals surface area contributed by atoms with Crippen molar-refractivity contribution in [2.45, 2.75) is 50.0 Å². The molecule has 0 saturated heterocycles. The molecule has 5 rings (SSSR count). The molecule has 2 atom stereocenters. The maximum Gasteiger partial charge on any atom is 0.573 e. The van der Waals surface area contributed by atoms with E-state index in [4.69, 9.17) is 0 Å². The third-order valence-electron chi connectivity index (χ3n) is 6.76. The number of hydrogen-bond acceptors (Lipinski definition) is 5. The van der Waals surface area contributed by atoms with E-state index in [1.807, 2.05) is 49.4 Å². The maximum absolute atomic E-state index is 14.2. The summed E-state index contributed by atoms with van der Waals surface area (Å²) in [6, 6.07) is 21.0. The van der Waals surface area contributed by atoms with Gasteiger partial charge in [-0.3, -0.25) is 4.72 Å². The molecular weight excluding hydrogens is 539 g/mol. The molecule has 0 aromatic heterocycles. The summed E-state index contributed by atoms with van der Waals surface area (Å²) >= 11 is 0. The number of halogens is 3. The van der Waals surface area contributed by atoms with Crippen LogP contribution in [0.2, 0.25) is 0 Å². The number of hydrogen-bond donors (Lipinski definition) is 2. The average Bonchev–Trinajstić information content (AvgIpc) is 3.10. The van der Waals surface area contributed by atoms with Gasteiger partial charge in [0.15, 0.2) is 9.92 Å². The van der Waals surface area contributed by atoms with Crippen molar-refractivity contribution in [2.75, 3.05) is 11.4 Å². The van der Waals surface area contributed by atoms with E-state index in [0.29, 0.717) is 24.2 Å². The fraction of sp³-hybridized carbons (Fsp3) is 0.267. The van der Waals surface area contributed by atoms with Gasteiger partial charge in [0.1, 0.15) is 11.9 Å². The molecule has 1 unspecified atom stereocenters. The van der Waals surface area contributed by atoms with E-state index in [2.05, 4.69) is 30.9 Å². The number of aliphatic hydroxyl groups is 1. The Labute approximate surface area is 232 Å². The zero-order valence-electron chi connectivity index (χ0n) is 21.9. The minimum Gasteiger partial charge on any atom is -0.406 e. The third-order valence-corrected chi connectivity index (χ3v) is 8.73. The molecule has 0 radical (unpaired) electrons. The Balaban J connectivity index is 1.48. The minimum atomic E-state index is -4.84. The molecule has 0 bridgehead atoms. The molecule has 40 heavy (non-hydrogen) atoms. The van der Waals surface area contributed by atoms with Gasteiger partial charge >= 0.3 is 6.36 Å². The van der Waals surface area contributed by atoms with Gasteiger partial charge in [-0.05, 0) is 73.2 Å². The van der Waals surface area contributed by atoms with Gasteiger partial charge in [0.25, 0.3) is 0 Å². The van der Waals surface area contributed by atoms with E-state index in [0.717, 1.165) is 47.5 Å². The summed E-state index contributed by atoms with van der Waals surface area (Å²) in [4.78, 5) is 2.25. The molecule has 0 fully saturated rings. The van der Waals surface area contributed by atoms with Crippen LogP contribution >= 0.6 is 0 Å². The fourth-order valence-electron chi connectivity index (χ4n) is 4.93. The van der Waals surface area contributed by atoms with Crippen LogP contribution in [0.3, 0.4) is 0 Å². The molecule has 2 aliphatic rings. The molecule has 0 spiro atoms. The largest absolute Gasteiger partial charge is 0.573 e. The lowest BCUT2D eigenvalue weighted by Crippen LogP contribution is -2.37. The third kappa shape index (κ3) is 5.88. The Morgan fingerprint density at radius 2 is 1.57 bits per heavy atom. The van der Waals surface area contributed by atoms with Gasteiger partial charge in [0.2, 0.25) is 0 Å². The topological polar surface area (TPSA) is 74.2 Å². The highest BCUT2D eigenvalue weighted by Crippen LogP contribution is 2.41. The van der Waals surface area contributed by atoms with Crippen molar-refractivity contribution in [1.29, 1.82) is 0 Å². The van der Waals surface area contributed by atoms with Crippen LogP contribution in [0.25, 0.3) is 0 Å². The van der Waals surface area contributed by atoms with E-state index in [-0.39, 0.29) is 11.4 Å². The lowest BCUT2D eigenvalue weighted by molar-refractivity contribution is -0.274. The molecule has 1 heterocycles. The number of aliphatic hydroxyl groups excluding tert-OH is 1. The van der Waals surface area contributed by atoms with Gasteiger partial charge in [0.05, 0.1) is 22.8 Å². The number of nitrogens with zero attached hydrogens (tertiary/aromatic N) is 2. The predicted molar refractivity (Wildman–Crippen MR) is 149 cm³/mol. The number of aryl methyl sites for hydroxylation is 2. The van der Waals surface area contributed by atoms with Crippen LogP contribution in [0.1, 0.15) is 30.9 Å². The first-order valence-electron chi connectivity index (χ1n) is 13.1. The van der Waals surface area contributed by atoms with Crippen LogP contribution in [-0.4, -0.2) is 28.3 Å². The summed E-state index contributed by atoms with van der Waals surface area (Å²) in [6.07, 6.45) is 0.502. The second-order valence-electron chi connectivity index (χ2n) is 9.52. The summed E-state index contributed by atoms with van der Waals surface area (Å²) in [5, 5.41) is 11.7. The number of nitrogens with one attached hydrogen (secondary N) is 1. The molecule has 2 N–H and O–H groups in total. The quantitative estimate of drug-likeness (QED) is 0.328. The van der Waals surface area contributed by atoms with E-state index in [1.54, 1.807) is 6.08 Å². The van der Waals surface area contributed by atoms with Crippen molar-refractivity contribution in [3.05, 3.63) is 107 Å². The molecule has 3 aromatic carbocycles. The van der Waals surface area contributed by atoms with E-state index >= 15 is 0 Å². The zero-order valence-corrected chi connectivity index (χ0v) is 22.7. The minimum absolute atomic E-state index is 0.185. The number of para-hydroxylation sites is 2. The lowest BCUT2D eigenvalue weighted by atomic mass is 10.0. The van der Waals surface area contributed by atoms with Crippen LogP contribution in [0.15, 0.2) is 106 Å². The van der Waals surface area contributed by atoms with Crippen molar-refractivity contribution in [3.8, 4) is 5.75 Å². The first kappa shape index (κ1) is 27.8. The van der Waals surface area contributed by atoms with Gasteiger partial charge in [0, 0.05) is 11.4 Å². The van der Waals surface area contributed by atoms with Crippen molar-refractivity contribution < 1.29 is 27.2 Å². The lowest BCUT2D eigenvalue weighted by Gasteiger charge is -2.35. The Hall–Kier alpha value is -3.76. The molecule has 1 aliphatic carbocycles. The Kier molecular flexibility index (Phi) is 7.91. The van der Waals surface area contributed by atoms with E-state index in [1.165, 1.54) is 12.1 Å². The van der Waals surface area contributed by atoms with Gasteiger partial charge < -0.3 is 14.7 Å². The highest BCUT2D eigenvalue weighted by molar-refractivity contribution is 7.91. The summed E-state index contributed by atoms with van der Waals surface area (Å²) in [5.41, 5.74) is 5.18. The zero-order chi connectivity index (χ0) is 28.3. The highest BCUT2D eigenvalue weighted by atomic mass is 32.2. The summed E-state index contributed by atoms with van der Waals surface area (Å²) in [7, 11) is -3.34. The Bertz CT molecular complexity index is 1510. The Morgan fingerprint density at radius 3 is 2.15 bits per heavy atom. The number of benzene rings is 3. The van der Waals surface area contributed by atoms with E-state index in [9.17, 15) is 22.5 Å². The molecule has 6 nitrogen and oxygen atoms in total. The number of anilines is 2. The molecule has 3 aromatic rings. The summed E-state index contributed by atoms with van der Waals surface area (Å²) < 4.78 is 63.4. The second-order valence-corrected chi connectivity index (χ2v) is 11.5. The van der Waals surface area contributed by atoms with Crippen LogP contribution < -0.4 is 14.4 Å². The van der Waals surface area contributed by atoms with Crippen molar-refractivity contribution in [3.63, 3.8) is 0 Å². The van der Waals surface area contributed by atoms with E-state index < -0.39 is 28.1 Å². The van der Waals surface area contributed by atoms with Gasteiger partial charge in [-0.1, -0.05) is 55.5 Å². The molecule has 0 amide bonds. The molecule has 10 heteroatoms. The molecule has 0 saturated carbocycles. The standard InChI is InChI=1S/C30H30F3N3O3S/c1-2-20-34-40(38,24-18-16-23(17-19-24)39-30(31,32)33)35-25-10-7-13-28(29(25)37)36-26-11-5-3-8-21(26)14-15-22-9-4-6-12-27(22)36/h3-6,8-13,16-19,29,37H,2,7,14-15,20H2,1H3,(H,34,35,38)/t29-,40?/m1/s1. The number of ether oxygens (including phenoxy) is 1. The maximum atomic E-state index is 14.2. The first-order valence-corrected chi connectivity index (χ1v) is 14.6. The van der Waals surface area contributed by atoms with Gasteiger partial charge in [-0.15, -0.1) is 13.2 Å². The number of fused-ring (bicyclic) bond motifs is 2. The average molecular weight is 570 g/mol. The van der Waals surface area contributed by atoms with Crippen molar-refractivity contribution in [2.24, 2.45) is 4.36 Å². The van der Waals surface area contributed by atoms with Crippen LogP contribution in [0, 0.1) is 0 Å². The van der Waals surface area contributed by atoms with Crippen LogP contribution in [0.4, 0.5) is 24.5 Å². The number of alkyl halides is 3. The van der Waals surface area contributed by atoms with Gasteiger partial charge in [-0.25, -0.2) is 8.57 Å². The molecule has 210 valence electrons. The Morgan fingerprint density at radius 1 is 0.975 bits per heavy atom. The smallest absolute Gasteiger partial charge is 0.406 e. The number of allylic oxidation sites excluding steroid dienone is 2. The SMILES string of the molecule is CCCN=S(=O)(NC1=CCC=C(N2c3ccccc3CCc3ccccc32)[C@@H]1O)c1ccc(OC(F)(F)F)cc1. The second kappa shape index (κ2) is 11.4. The highest BCUT2D eigenvalue weighted by Gasteiger charge is 2.33.